The number of carbonyl (C=O) groups is 1. The lowest BCUT2D eigenvalue weighted by atomic mass is 10.2. The maximum atomic E-state index is 11.5. The average molecular weight is 295 g/mol. The molecule has 0 bridgehead atoms. The second-order valence-corrected chi connectivity index (χ2v) is 6.34. The summed E-state index contributed by atoms with van der Waals surface area (Å²) in [6.07, 6.45) is 5.22. The van der Waals surface area contributed by atoms with Crippen LogP contribution in [0, 0.1) is 0 Å². The lowest BCUT2D eigenvalue weighted by molar-refractivity contribution is -0.119. The van der Waals surface area contributed by atoms with E-state index < -0.39 is 0 Å². The molecule has 1 aliphatic rings. The van der Waals surface area contributed by atoms with Gasteiger partial charge in [-0.25, -0.2) is 15.0 Å². The topological polar surface area (TPSA) is 85.0 Å². The molecule has 8 heteroatoms. The molecule has 1 aliphatic heterocycles. The number of nitrogens with two attached hydrogens (primary N) is 1. The van der Waals surface area contributed by atoms with Gasteiger partial charge in [0, 0.05) is 6.54 Å². The van der Waals surface area contributed by atoms with E-state index in [0.717, 1.165) is 34.2 Å². The fourth-order valence-electron chi connectivity index (χ4n) is 2.33. The highest BCUT2D eigenvalue weighted by molar-refractivity contribution is 8.00. The Morgan fingerprint density at radius 1 is 1.58 bits per heavy atom. The van der Waals surface area contributed by atoms with Crippen LogP contribution in [-0.4, -0.2) is 39.7 Å². The van der Waals surface area contributed by atoms with E-state index >= 15 is 0 Å². The van der Waals surface area contributed by atoms with Gasteiger partial charge >= 0.3 is 0 Å². The van der Waals surface area contributed by atoms with Gasteiger partial charge in [0.05, 0.1) is 0 Å². The van der Waals surface area contributed by atoms with Gasteiger partial charge in [0.2, 0.25) is 5.91 Å². The van der Waals surface area contributed by atoms with Crippen LogP contribution in [0.2, 0.25) is 0 Å². The number of thioether (sulfide) groups is 1. The van der Waals surface area contributed by atoms with Crippen LogP contribution in [-0.2, 0) is 4.79 Å². The van der Waals surface area contributed by atoms with Gasteiger partial charge in [0.15, 0.2) is 15.8 Å². The van der Waals surface area contributed by atoms with Crippen molar-refractivity contribution in [3.05, 3.63) is 6.33 Å². The summed E-state index contributed by atoms with van der Waals surface area (Å²) in [5.41, 5.74) is 6.15. The van der Waals surface area contributed by atoms with E-state index in [9.17, 15) is 4.79 Å². The number of carbonyl (C=O) groups excluding carboxylic acids is 1. The first-order valence-corrected chi connectivity index (χ1v) is 7.96. The van der Waals surface area contributed by atoms with E-state index in [2.05, 4.69) is 15.0 Å². The maximum absolute atomic E-state index is 11.5. The Morgan fingerprint density at radius 2 is 2.42 bits per heavy atom. The summed E-state index contributed by atoms with van der Waals surface area (Å²) in [5.74, 6) is 0.489. The summed E-state index contributed by atoms with van der Waals surface area (Å²) >= 11 is 3.14. The third-order valence-corrected chi connectivity index (χ3v) is 5.21. The standard InChI is InChI=1S/C11H13N5OS2/c1-18-11-15-9-7(19-11)10(14-5-13-9)16-4-2-3-6(16)8(12)17/h5-6H,2-4H2,1H3,(H2,12,17). The number of hydrogen-bond donors (Lipinski definition) is 1. The molecule has 2 N–H and O–H groups in total. The third-order valence-electron chi connectivity index (χ3n) is 3.18. The number of fused-ring (bicyclic) bond motifs is 1. The lowest BCUT2D eigenvalue weighted by Gasteiger charge is -2.23. The third kappa shape index (κ3) is 2.14. The number of nitrogens with zero attached hydrogens (tertiary/aromatic N) is 4. The molecule has 1 amide bonds. The van der Waals surface area contributed by atoms with Crippen LogP contribution in [0.5, 0.6) is 0 Å². The highest BCUT2D eigenvalue weighted by Crippen LogP contribution is 2.35. The number of aromatic nitrogens is 3. The van der Waals surface area contributed by atoms with Crippen molar-refractivity contribution >= 4 is 45.2 Å². The summed E-state index contributed by atoms with van der Waals surface area (Å²) in [6, 6.07) is -0.266. The van der Waals surface area contributed by atoms with Crippen LogP contribution < -0.4 is 10.6 Å². The second kappa shape index (κ2) is 4.93. The van der Waals surface area contributed by atoms with Gasteiger partial charge in [-0.05, 0) is 19.1 Å². The lowest BCUT2D eigenvalue weighted by Crippen LogP contribution is -2.40. The monoisotopic (exact) mass is 295 g/mol. The Bertz CT molecular complexity index is 629. The minimum atomic E-state index is -0.293. The normalized spacial score (nSPS) is 19.2. The molecule has 0 aliphatic carbocycles. The smallest absolute Gasteiger partial charge is 0.240 e. The molecule has 100 valence electrons. The first-order valence-electron chi connectivity index (χ1n) is 5.92. The minimum absolute atomic E-state index is 0.266. The van der Waals surface area contributed by atoms with E-state index in [1.54, 1.807) is 23.1 Å². The van der Waals surface area contributed by atoms with Crippen LogP contribution >= 0.6 is 23.1 Å². The highest BCUT2D eigenvalue weighted by Gasteiger charge is 2.31. The van der Waals surface area contributed by atoms with Gasteiger partial charge in [-0.15, -0.1) is 11.3 Å². The van der Waals surface area contributed by atoms with Crippen molar-refractivity contribution in [1.29, 1.82) is 0 Å². The van der Waals surface area contributed by atoms with Gasteiger partial charge in [0.25, 0.3) is 0 Å². The number of amides is 1. The molecule has 3 rings (SSSR count). The number of hydrogen-bond acceptors (Lipinski definition) is 7. The molecule has 0 saturated carbocycles. The van der Waals surface area contributed by atoms with Gasteiger partial charge in [-0.2, -0.15) is 0 Å². The Hall–Kier alpha value is -1.41. The van der Waals surface area contributed by atoms with Crippen LogP contribution in [0.15, 0.2) is 10.7 Å². The Kier molecular flexibility index (Phi) is 3.28. The average Bonchev–Trinajstić information content (AvgIpc) is 3.04. The molecule has 1 unspecified atom stereocenters. The second-order valence-electron chi connectivity index (χ2n) is 4.29. The van der Waals surface area contributed by atoms with E-state index in [4.69, 9.17) is 5.73 Å². The van der Waals surface area contributed by atoms with Gasteiger partial charge in [-0.1, -0.05) is 11.8 Å². The molecule has 0 radical (unpaired) electrons. The number of anilines is 1. The molecule has 1 saturated heterocycles. The summed E-state index contributed by atoms with van der Waals surface area (Å²) in [4.78, 5) is 26.4. The quantitative estimate of drug-likeness (QED) is 0.858. The number of thiazole rings is 1. The van der Waals surface area contributed by atoms with Gasteiger partial charge in [-0.3, -0.25) is 4.79 Å². The molecule has 2 aromatic heterocycles. The molecular formula is C11H13N5OS2. The van der Waals surface area contributed by atoms with Crippen LogP contribution in [0.3, 0.4) is 0 Å². The van der Waals surface area contributed by atoms with Crippen LogP contribution in [0.4, 0.5) is 5.82 Å². The molecule has 1 atom stereocenters. The Labute approximate surface area is 118 Å². The van der Waals surface area contributed by atoms with E-state index in [1.807, 2.05) is 11.2 Å². The predicted octanol–water partition coefficient (Wildman–Crippen LogP) is 1.26. The van der Waals surface area contributed by atoms with Crippen molar-refractivity contribution < 1.29 is 4.79 Å². The largest absolute Gasteiger partial charge is 0.368 e. The first-order chi connectivity index (χ1) is 9.20. The minimum Gasteiger partial charge on any atom is -0.368 e. The molecule has 3 heterocycles. The molecule has 0 aromatic carbocycles. The zero-order valence-corrected chi connectivity index (χ0v) is 12.0. The maximum Gasteiger partial charge on any atom is 0.240 e. The van der Waals surface area contributed by atoms with Crippen LogP contribution in [0.1, 0.15) is 12.8 Å². The van der Waals surface area contributed by atoms with E-state index in [-0.39, 0.29) is 11.9 Å². The molecular weight excluding hydrogens is 282 g/mol. The van der Waals surface area contributed by atoms with Crippen molar-refractivity contribution in [1.82, 2.24) is 15.0 Å². The molecule has 1 fully saturated rings. The fraction of sp³-hybridized carbons (Fsp3) is 0.455. The molecule has 6 nitrogen and oxygen atoms in total. The summed E-state index contributed by atoms with van der Waals surface area (Å²) in [6.45, 7) is 0.798. The van der Waals surface area contributed by atoms with E-state index in [1.165, 1.54) is 6.33 Å². The zero-order valence-electron chi connectivity index (χ0n) is 10.4. The Balaban J connectivity index is 2.09. The summed E-state index contributed by atoms with van der Waals surface area (Å²) in [7, 11) is 0. The molecule has 0 spiro atoms. The van der Waals surface area contributed by atoms with Crippen LogP contribution in [0.25, 0.3) is 10.3 Å². The van der Waals surface area contributed by atoms with Crippen molar-refractivity contribution in [2.75, 3.05) is 17.7 Å². The SMILES string of the molecule is CSc1nc2ncnc(N3CCCC3C(N)=O)c2s1. The zero-order chi connectivity index (χ0) is 13.4. The summed E-state index contributed by atoms with van der Waals surface area (Å²) in [5, 5.41) is 0. The van der Waals surface area contributed by atoms with Crippen molar-refractivity contribution in [2.45, 2.75) is 23.2 Å². The first kappa shape index (κ1) is 12.6. The van der Waals surface area contributed by atoms with Crippen molar-refractivity contribution in [2.24, 2.45) is 5.73 Å². The predicted molar refractivity (Wildman–Crippen MR) is 76.6 cm³/mol. The fourth-order valence-corrected chi connectivity index (χ4v) is 3.85. The number of primary amides is 1. The highest BCUT2D eigenvalue weighted by atomic mass is 32.2. The van der Waals surface area contributed by atoms with Gasteiger partial charge in [0.1, 0.15) is 17.1 Å². The van der Waals surface area contributed by atoms with Crippen molar-refractivity contribution in [3.63, 3.8) is 0 Å². The Morgan fingerprint density at radius 3 is 3.16 bits per heavy atom. The molecule has 2 aromatic rings. The van der Waals surface area contributed by atoms with E-state index in [0.29, 0.717) is 5.65 Å². The number of rotatable bonds is 3. The summed E-state index contributed by atoms with van der Waals surface area (Å²) < 4.78 is 1.88. The van der Waals surface area contributed by atoms with Gasteiger partial charge < -0.3 is 10.6 Å². The van der Waals surface area contributed by atoms with Crippen molar-refractivity contribution in [3.8, 4) is 0 Å². The molecule has 19 heavy (non-hydrogen) atoms.